The van der Waals surface area contributed by atoms with E-state index in [1.165, 1.54) is 0 Å². The maximum atomic E-state index is 8.85. The number of hydrogen-bond acceptors (Lipinski definition) is 4. The highest BCUT2D eigenvalue weighted by atomic mass is 35.5. The van der Waals surface area contributed by atoms with Crippen LogP contribution in [0.3, 0.4) is 0 Å². The summed E-state index contributed by atoms with van der Waals surface area (Å²) in [6.07, 6.45) is 1.61. The molecule has 5 heteroatoms. The van der Waals surface area contributed by atoms with E-state index in [0.717, 1.165) is 16.9 Å². The van der Waals surface area contributed by atoms with Crippen LogP contribution in [0.4, 0.5) is 0 Å². The van der Waals surface area contributed by atoms with E-state index in [0.29, 0.717) is 17.3 Å². The number of halogens is 1. The Balaban J connectivity index is 2.18. The summed E-state index contributed by atoms with van der Waals surface area (Å²) in [7, 11) is 1.89. The predicted molar refractivity (Wildman–Crippen MR) is 82.2 cm³/mol. The van der Waals surface area contributed by atoms with Crippen LogP contribution in [0.2, 0.25) is 5.02 Å². The van der Waals surface area contributed by atoms with Crippen molar-refractivity contribution in [2.75, 3.05) is 7.05 Å². The number of ether oxygens (including phenoxy) is 1. The van der Waals surface area contributed by atoms with Gasteiger partial charge in [-0.1, -0.05) is 11.6 Å². The second-order valence-corrected chi connectivity index (χ2v) is 5.08. The van der Waals surface area contributed by atoms with Crippen molar-refractivity contribution in [2.24, 2.45) is 0 Å². The highest BCUT2D eigenvalue weighted by molar-refractivity contribution is 6.30. The lowest BCUT2D eigenvalue weighted by atomic mass is 10.1. The Morgan fingerprint density at radius 1 is 1.38 bits per heavy atom. The molecule has 0 fully saturated rings. The number of benzene rings is 1. The van der Waals surface area contributed by atoms with Gasteiger partial charge < -0.3 is 10.1 Å². The summed E-state index contributed by atoms with van der Waals surface area (Å²) in [5.41, 5.74) is 2.29. The Labute approximate surface area is 129 Å². The molecule has 0 aliphatic rings. The number of rotatable bonds is 5. The molecule has 2 rings (SSSR count). The molecule has 1 unspecified atom stereocenters. The monoisotopic (exact) mass is 301 g/mol. The van der Waals surface area contributed by atoms with Crippen LogP contribution in [0.15, 0.2) is 36.5 Å². The van der Waals surface area contributed by atoms with E-state index in [1.54, 1.807) is 18.3 Å². The molecule has 1 aromatic heterocycles. The van der Waals surface area contributed by atoms with Crippen molar-refractivity contribution >= 4 is 11.6 Å². The molecule has 0 spiro atoms. The lowest BCUT2D eigenvalue weighted by molar-refractivity contribution is 0.300. The molecule has 1 atom stereocenters. The van der Waals surface area contributed by atoms with Crippen molar-refractivity contribution < 1.29 is 4.74 Å². The smallest absolute Gasteiger partial charge is 0.140 e. The van der Waals surface area contributed by atoms with Crippen LogP contribution >= 0.6 is 11.6 Å². The van der Waals surface area contributed by atoms with Gasteiger partial charge in [-0.05, 0) is 49.9 Å². The second kappa shape index (κ2) is 7.07. The first-order chi connectivity index (χ1) is 10.1. The van der Waals surface area contributed by atoms with E-state index in [1.807, 2.05) is 38.2 Å². The van der Waals surface area contributed by atoms with Gasteiger partial charge in [0.25, 0.3) is 0 Å². The average Bonchev–Trinajstić information content (AvgIpc) is 2.53. The molecule has 0 amide bonds. The summed E-state index contributed by atoms with van der Waals surface area (Å²) in [6, 6.07) is 11.3. The van der Waals surface area contributed by atoms with Crippen LogP contribution in [0.5, 0.6) is 5.75 Å². The van der Waals surface area contributed by atoms with E-state index in [2.05, 4.69) is 10.3 Å². The summed E-state index contributed by atoms with van der Waals surface area (Å²) in [4.78, 5) is 3.94. The average molecular weight is 302 g/mol. The van der Waals surface area contributed by atoms with Crippen molar-refractivity contribution in [2.45, 2.75) is 19.6 Å². The maximum absolute atomic E-state index is 8.85. The second-order valence-electron chi connectivity index (χ2n) is 4.64. The van der Waals surface area contributed by atoms with Gasteiger partial charge in [0.15, 0.2) is 0 Å². The zero-order valence-corrected chi connectivity index (χ0v) is 12.7. The SMILES string of the molecule is CNC(C)c1cc(Cl)ccc1OCc1ccnc(C#N)c1. The Morgan fingerprint density at radius 3 is 2.90 bits per heavy atom. The van der Waals surface area contributed by atoms with Crippen LogP contribution in [-0.2, 0) is 6.61 Å². The molecule has 2 aromatic rings. The fraction of sp³-hybridized carbons (Fsp3) is 0.250. The summed E-state index contributed by atoms with van der Waals surface area (Å²) in [5.74, 6) is 0.775. The molecule has 0 saturated heterocycles. The van der Waals surface area contributed by atoms with Gasteiger partial charge in [-0.25, -0.2) is 4.98 Å². The molecule has 0 radical (unpaired) electrons. The molecule has 4 nitrogen and oxygen atoms in total. The van der Waals surface area contributed by atoms with Crippen LogP contribution in [0.1, 0.15) is 29.8 Å². The van der Waals surface area contributed by atoms with Gasteiger partial charge in [0, 0.05) is 22.8 Å². The first-order valence-corrected chi connectivity index (χ1v) is 6.96. The molecule has 1 heterocycles. The van der Waals surface area contributed by atoms with Crippen LogP contribution in [0.25, 0.3) is 0 Å². The predicted octanol–water partition coefficient (Wildman–Crippen LogP) is 3.47. The van der Waals surface area contributed by atoms with Crippen molar-refractivity contribution in [1.82, 2.24) is 10.3 Å². The van der Waals surface area contributed by atoms with Crippen molar-refractivity contribution in [3.05, 3.63) is 58.4 Å². The molecular formula is C16H16ClN3O. The first kappa shape index (κ1) is 15.3. The third kappa shape index (κ3) is 3.94. The van der Waals surface area contributed by atoms with E-state index < -0.39 is 0 Å². The largest absolute Gasteiger partial charge is 0.489 e. The fourth-order valence-electron chi connectivity index (χ4n) is 1.93. The van der Waals surface area contributed by atoms with Gasteiger partial charge in [-0.15, -0.1) is 0 Å². The fourth-order valence-corrected chi connectivity index (χ4v) is 2.11. The van der Waals surface area contributed by atoms with E-state index in [-0.39, 0.29) is 6.04 Å². The summed E-state index contributed by atoms with van der Waals surface area (Å²) in [5, 5.41) is 12.7. The summed E-state index contributed by atoms with van der Waals surface area (Å²) < 4.78 is 5.86. The lowest BCUT2D eigenvalue weighted by Crippen LogP contribution is -2.13. The Kier molecular flexibility index (Phi) is 5.15. The third-order valence-corrected chi connectivity index (χ3v) is 3.44. The van der Waals surface area contributed by atoms with Gasteiger partial charge in [-0.3, -0.25) is 0 Å². The Bertz CT molecular complexity index is 667. The molecule has 0 aliphatic carbocycles. The van der Waals surface area contributed by atoms with Gasteiger partial charge in [0.1, 0.15) is 24.1 Å². The summed E-state index contributed by atoms with van der Waals surface area (Å²) in [6.45, 7) is 2.42. The van der Waals surface area contributed by atoms with E-state index in [4.69, 9.17) is 21.6 Å². The van der Waals surface area contributed by atoms with Gasteiger partial charge in [0.2, 0.25) is 0 Å². The van der Waals surface area contributed by atoms with E-state index >= 15 is 0 Å². The minimum absolute atomic E-state index is 0.130. The van der Waals surface area contributed by atoms with Crippen LogP contribution in [-0.4, -0.2) is 12.0 Å². The van der Waals surface area contributed by atoms with Crippen LogP contribution in [0, 0.1) is 11.3 Å². The number of nitriles is 1. The molecular weight excluding hydrogens is 286 g/mol. The standard InChI is InChI=1S/C16H16ClN3O/c1-11(19-2)15-8-13(17)3-4-16(15)21-10-12-5-6-20-14(7-12)9-18/h3-8,11,19H,10H2,1-2H3. The quantitative estimate of drug-likeness (QED) is 0.918. The number of pyridine rings is 1. The van der Waals surface area contributed by atoms with Crippen molar-refractivity contribution in [3.8, 4) is 11.8 Å². The molecule has 0 saturated carbocycles. The molecule has 1 N–H and O–H groups in total. The molecule has 21 heavy (non-hydrogen) atoms. The van der Waals surface area contributed by atoms with Gasteiger partial charge in [0.05, 0.1) is 0 Å². The van der Waals surface area contributed by atoms with Crippen molar-refractivity contribution in [1.29, 1.82) is 5.26 Å². The topological polar surface area (TPSA) is 57.9 Å². The Hall–Kier alpha value is -2.09. The maximum Gasteiger partial charge on any atom is 0.140 e. The highest BCUT2D eigenvalue weighted by Crippen LogP contribution is 2.28. The first-order valence-electron chi connectivity index (χ1n) is 6.58. The number of nitrogens with one attached hydrogen (secondary N) is 1. The van der Waals surface area contributed by atoms with Crippen LogP contribution < -0.4 is 10.1 Å². The lowest BCUT2D eigenvalue weighted by Gasteiger charge is -2.17. The molecule has 0 aliphatic heterocycles. The van der Waals surface area contributed by atoms with Crippen molar-refractivity contribution in [3.63, 3.8) is 0 Å². The zero-order chi connectivity index (χ0) is 15.2. The highest BCUT2D eigenvalue weighted by Gasteiger charge is 2.11. The van der Waals surface area contributed by atoms with Gasteiger partial charge >= 0.3 is 0 Å². The molecule has 1 aromatic carbocycles. The third-order valence-electron chi connectivity index (χ3n) is 3.20. The summed E-state index contributed by atoms with van der Waals surface area (Å²) >= 11 is 6.05. The Morgan fingerprint density at radius 2 is 2.19 bits per heavy atom. The number of hydrogen-bond donors (Lipinski definition) is 1. The minimum atomic E-state index is 0.130. The normalized spacial score (nSPS) is 11.7. The number of aromatic nitrogens is 1. The van der Waals surface area contributed by atoms with E-state index in [9.17, 15) is 0 Å². The minimum Gasteiger partial charge on any atom is -0.489 e. The molecule has 108 valence electrons. The van der Waals surface area contributed by atoms with Gasteiger partial charge in [-0.2, -0.15) is 5.26 Å². The zero-order valence-electron chi connectivity index (χ0n) is 11.9. The number of nitrogens with zero attached hydrogens (tertiary/aromatic N) is 2. The molecule has 0 bridgehead atoms.